The maximum absolute atomic E-state index is 12.9. The third-order valence-corrected chi connectivity index (χ3v) is 4.14. The molecule has 0 unspecified atom stereocenters. The van der Waals surface area contributed by atoms with Crippen molar-refractivity contribution in [1.29, 1.82) is 0 Å². The molecule has 0 saturated carbocycles. The number of carbonyl (C=O) groups excluding carboxylic acids is 1. The van der Waals surface area contributed by atoms with Crippen molar-refractivity contribution in [3.05, 3.63) is 75.6 Å². The van der Waals surface area contributed by atoms with Crippen LogP contribution in [0.15, 0.2) is 48.5 Å². The van der Waals surface area contributed by atoms with Gasteiger partial charge >= 0.3 is 0 Å². The smallest absolute Gasteiger partial charge is 0.282 e. The third kappa shape index (κ3) is 4.16. The molecule has 3 aromatic rings. The van der Waals surface area contributed by atoms with Gasteiger partial charge in [-0.1, -0.05) is 35.6 Å². The Morgan fingerprint density at radius 1 is 1.12 bits per heavy atom. The van der Waals surface area contributed by atoms with E-state index in [-0.39, 0.29) is 22.2 Å². The van der Waals surface area contributed by atoms with E-state index in [4.69, 9.17) is 0 Å². The average molecular weight is 373 g/mol. The summed E-state index contributed by atoms with van der Waals surface area (Å²) in [5.41, 5.74) is 0.504. The lowest BCUT2D eigenvalue weighted by Gasteiger charge is -2.02. The summed E-state index contributed by atoms with van der Waals surface area (Å²) in [6.45, 7) is 0.410. The second kappa shape index (κ2) is 7.66. The second-order valence-corrected chi connectivity index (χ2v) is 6.10. The largest absolute Gasteiger partial charge is 0.356 e. The predicted molar refractivity (Wildman–Crippen MR) is 94.7 cm³/mol. The van der Waals surface area contributed by atoms with Gasteiger partial charge in [-0.25, -0.2) is 4.39 Å². The summed E-state index contributed by atoms with van der Waals surface area (Å²) in [6, 6.07) is 11.6. The first-order valence-electron chi connectivity index (χ1n) is 7.39. The van der Waals surface area contributed by atoms with E-state index < -0.39 is 10.8 Å². The quantitative estimate of drug-likeness (QED) is 0.506. The van der Waals surface area contributed by atoms with Crippen LogP contribution >= 0.6 is 11.3 Å². The molecule has 0 radical (unpaired) electrons. The molecule has 0 spiro atoms. The number of para-hydroxylation sites is 1. The highest BCUT2D eigenvalue weighted by Gasteiger charge is 2.20. The topological polar surface area (TPSA) is 110 Å². The molecule has 2 aromatic carbocycles. The number of halogens is 1. The van der Waals surface area contributed by atoms with Crippen LogP contribution in [0.2, 0.25) is 0 Å². The predicted octanol–water partition coefficient (Wildman–Crippen LogP) is 3.45. The Bertz CT molecular complexity index is 945. The molecule has 10 heteroatoms. The minimum atomic E-state index is -0.640. The van der Waals surface area contributed by atoms with Crippen LogP contribution in [0.3, 0.4) is 0 Å². The SMILES string of the molecule is O=C(Nc1nnc(NCc2ccc(F)cc2)s1)c1ccccc1[N+](=O)[O-]. The summed E-state index contributed by atoms with van der Waals surface area (Å²) in [4.78, 5) is 22.6. The standard InChI is InChI=1S/C16H12FN5O3S/c17-11-7-5-10(6-8-11)9-18-15-20-21-16(26-15)19-14(23)12-3-1-2-4-13(12)22(24)25/h1-8H,9H2,(H,18,20)(H,19,21,23). The van der Waals surface area contributed by atoms with Crippen molar-refractivity contribution in [2.45, 2.75) is 6.54 Å². The summed E-state index contributed by atoms with van der Waals surface area (Å²) in [5.74, 6) is -0.955. The molecule has 0 aliphatic carbocycles. The molecule has 1 aromatic heterocycles. The number of nitrogens with zero attached hydrogens (tertiary/aromatic N) is 3. The van der Waals surface area contributed by atoms with Gasteiger partial charge < -0.3 is 5.32 Å². The van der Waals surface area contributed by atoms with Crippen molar-refractivity contribution in [2.24, 2.45) is 0 Å². The lowest BCUT2D eigenvalue weighted by atomic mass is 10.1. The van der Waals surface area contributed by atoms with E-state index in [1.54, 1.807) is 12.1 Å². The summed E-state index contributed by atoms with van der Waals surface area (Å²) in [6.07, 6.45) is 0. The van der Waals surface area contributed by atoms with Gasteiger partial charge in [-0.05, 0) is 23.8 Å². The molecular weight excluding hydrogens is 361 g/mol. The molecule has 0 bridgehead atoms. The van der Waals surface area contributed by atoms with Gasteiger partial charge in [-0.3, -0.25) is 20.2 Å². The fraction of sp³-hybridized carbons (Fsp3) is 0.0625. The molecule has 8 nitrogen and oxygen atoms in total. The lowest BCUT2D eigenvalue weighted by Crippen LogP contribution is -2.13. The molecule has 3 rings (SSSR count). The molecular formula is C16H12FN5O3S. The number of rotatable bonds is 6. The van der Waals surface area contributed by atoms with E-state index in [2.05, 4.69) is 20.8 Å². The number of hydrogen-bond acceptors (Lipinski definition) is 7. The maximum Gasteiger partial charge on any atom is 0.282 e. The Balaban J connectivity index is 1.64. The Morgan fingerprint density at radius 3 is 2.54 bits per heavy atom. The number of nitro groups is 1. The van der Waals surface area contributed by atoms with Crippen LogP contribution in [0, 0.1) is 15.9 Å². The number of nitro benzene ring substituents is 1. The van der Waals surface area contributed by atoms with Gasteiger partial charge in [0.2, 0.25) is 10.3 Å². The summed E-state index contributed by atoms with van der Waals surface area (Å²) >= 11 is 1.08. The van der Waals surface area contributed by atoms with E-state index in [0.717, 1.165) is 16.9 Å². The first-order chi connectivity index (χ1) is 12.5. The molecule has 132 valence electrons. The van der Waals surface area contributed by atoms with Crippen molar-refractivity contribution in [3.8, 4) is 0 Å². The van der Waals surface area contributed by atoms with Gasteiger partial charge in [0.15, 0.2) is 0 Å². The van der Waals surface area contributed by atoms with Gasteiger partial charge in [0.1, 0.15) is 11.4 Å². The lowest BCUT2D eigenvalue weighted by molar-refractivity contribution is -0.385. The van der Waals surface area contributed by atoms with Gasteiger partial charge in [-0.2, -0.15) is 0 Å². The van der Waals surface area contributed by atoms with Crippen molar-refractivity contribution in [2.75, 3.05) is 10.6 Å². The molecule has 0 atom stereocenters. The molecule has 26 heavy (non-hydrogen) atoms. The molecule has 0 aliphatic heterocycles. The van der Waals surface area contributed by atoms with E-state index in [9.17, 15) is 19.3 Å². The Kier molecular flexibility index (Phi) is 5.13. The summed E-state index contributed by atoms with van der Waals surface area (Å²) in [5, 5.41) is 24.9. The summed E-state index contributed by atoms with van der Waals surface area (Å²) in [7, 11) is 0. The number of aromatic nitrogens is 2. The van der Waals surface area contributed by atoms with E-state index in [0.29, 0.717) is 11.7 Å². The fourth-order valence-electron chi connectivity index (χ4n) is 2.11. The average Bonchev–Trinajstić information content (AvgIpc) is 3.08. The number of carbonyl (C=O) groups is 1. The third-order valence-electron chi connectivity index (χ3n) is 3.35. The molecule has 1 heterocycles. The number of anilines is 2. The van der Waals surface area contributed by atoms with Gasteiger partial charge in [0.25, 0.3) is 11.6 Å². The van der Waals surface area contributed by atoms with Gasteiger partial charge in [0, 0.05) is 12.6 Å². The molecule has 0 saturated heterocycles. The highest BCUT2D eigenvalue weighted by molar-refractivity contribution is 7.19. The zero-order valence-corrected chi connectivity index (χ0v) is 14.0. The summed E-state index contributed by atoms with van der Waals surface area (Å²) < 4.78 is 12.9. The minimum absolute atomic E-state index is 0.0616. The molecule has 0 fully saturated rings. The van der Waals surface area contributed by atoms with E-state index >= 15 is 0 Å². The second-order valence-electron chi connectivity index (χ2n) is 5.12. The van der Waals surface area contributed by atoms with Crippen molar-refractivity contribution in [3.63, 3.8) is 0 Å². The monoisotopic (exact) mass is 373 g/mol. The van der Waals surface area contributed by atoms with E-state index in [1.807, 2.05) is 0 Å². The first kappa shape index (κ1) is 17.4. The van der Waals surface area contributed by atoms with Crippen LogP contribution in [0.5, 0.6) is 0 Å². The normalized spacial score (nSPS) is 10.3. The highest BCUT2D eigenvalue weighted by atomic mass is 32.1. The highest BCUT2D eigenvalue weighted by Crippen LogP contribution is 2.23. The van der Waals surface area contributed by atoms with Crippen LogP contribution in [0.1, 0.15) is 15.9 Å². The van der Waals surface area contributed by atoms with Gasteiger partial charge in [0.05, 0.1) is 4.92 Å². The van der Waals surface area contributed by atoms with Crippen LogP contribution in [-0.2, 0) is 6.54 Å². The number of hydrogen-bond donors (Lipinski definition) is 2. The molecule has 0 aliphatic rings. The van der Waals surface area contributed by atoms with Crippen LogP contribution in [-0.4, -0.2) is 21.0 Å². The fourth-order valence-corrected chi connectivity index (χ4v) is 2.75. The molecule has 1 amide bonds. The number of amides is 1. The Hall–Kier alpha value is -3.40. The van der Waals surface area contributed by atoms with Crippen LogP contribution < -0.4 is 10.6 Å². The van der Waals surface area contributed by atoms with Crippen molar-refractivity contribution in [1.82, 2.24) is 10.2 Å². The first-order valence-corrected chi connectivity index (χ1v) is 8.21. The zero-order valence-electron chi connectivity index (χ0n) is 13.2. The van der Waals surface area contributed by atoms with Crippen LogP contribution in [0.4, 0.5) is 20.3 Å². The van der Waals surface area contributed by atoms with Gasteiger partial charge in [-0.15, -0.1) is 10.2 Å². The minimum Gasteiger partial charge on any atom is -0.356 e. The number of nitrogens with one attached hydrogen (secondary N) is 2. The van der Waals surface area contributed by atoms with Crippen molar-refractivity contribution < 1.29 is 14.1 Å². The Morgan fingerprint density at radius 2 is 1.81 bits per heavy atom. The number of benzene rings is 2. The van der Waals surface area contributed by atoms with E-state index in [1.165, 1.54) is 36.4 Å². The van der Waals surface area contributed by atoms with Crippen molar-refractivity contribution >= 4 is 33.2 Å². The Labute approximate surface area is 150 Å². The van der Waals surface area contributed by atoms with Crippen LogP contribution in [0.25, 0.3) is 0 Å². The maximum atomic E-state index is 12.9. The molecule has 2 N–H and O–H groups in total. The zero-order chi connectivity index (χ0) is 18.5.